The van der Waals surface area contributed by atoms with E-state index < -0.39 is 0 Å². The average molecular weight is 294 g/mol. The Morgan fingerprint density at radius 2 is 2.15 bits per heavy atom. The summed E-state index contributed by atoms with van der Waals surface area (Å²) in [7, 11) is 1.47. The summed E-state index contributed by atoms with van der Waals surface area (Å²) in [5.41, 5.74) is 1.88. The smallest absolute Gasteiger partial charge is 0.165 e. The maximum absolute atomic E-state index is 13.9. The Morgan fingerprint density at radius 3 is 2.65 bits per heavy atom. The van der Waals surface area contributed by atoms with Gasteiger partial charge in [0.15, 0.2) is 11.6 Å². The minimum Gasteiger partial charge on any atom is -0.494 e. The first kappa shape index (κ1) is 14.9. The molecule has 108 valence electrons. The zero-order valence-electron chi connectivity index (χ0n) is 12.2. The van der Waals surface area contributed by atoms with Crippen molar-refractivity contribution in [2.45, 2.75) is 26.8 Å². The summed E-state index contributed by atoms with van der Waals surface area (Å²) >= 11 is 1.65. The Kier molecular flexibility index (Phi) is 4.73. The topological polar surface area (TPSA) is 34.1 Å². The van der Waals surface area contributed by atoms with Gasteiger partial charge in [-0.05, 0) is 38.1 Å². The number of methoxy groups -OCH3 is 1. The number of nitrogens with zero attached hydrogens (tertiary/aromatic N) is 1. The highest BCUT2D eigenvalue weighted by Crippen LogP contribution is 2.31. The van der Waals surface area contributed by atoms with Crippen molar-refractivity contribution >= 4 is 11.3 Å². The van der Waals surface area contributed by atoms with Crippen molar-refractivity contribution in [2.24, 2.45) is 0 Å². The molecule has 3 nitrogen and oxygen atoms in total. The van der Waals surface area contributed by atoms with Gasteiger partial charge in [0.1, 0.15) is 0 Å². The molecule has 2 aromatic rings. The highest BCUT2D eigenvalue weighted by molar-refractivity contribution is 7.11. The molecule has 1 heterocycles. The van der Waals surface area contributed by atoms with Gasteiger partial charge < -0.3 is 10.1 Å². The maximum atomic E-state index is 13.9. The Hall–Kier alpha value is -1.46. The standard InChI is InChI=1S/C15H19FN2OS/c1-5-17-14(15-9(2)18-10(3)20-15)11-6-7-13(19-4)12(16)8-11/h6-8,14,17H,5H2,1-4H3. The van der Waals surface area contributed by atoms with E-state index in [1.54, 1.807) is 17.4 Å². The van der Waals surface area contributed by atoms with Crippen LogP contribution in [0.2, 0.25) is 0 Å². The van der Waals surface area contributed by atoms with Gasteiger partial charge in [-0.2, -0.15) is 0 Å². The zero-order valence-corrected chi connectivity index (χ0v) is 13.0. The maximum Gasteiger partial charge on any atom is 0.165 e. The molecule has 2 rings (SSSR count). The van der Waals surface area contributed by atoms with Crippen LogP contribution >= 0.6 is 11.3 Å². The minimum atomic E-state index is -0.341. The second-order valence-electron chi connectivity index (χ2n) is 4.57. The van der Waals surface area contributed by atoms with Gasteiger partial charge in [-0.15, -0.1) is 11.3 Å². The summed E-state index contributed by atoms with van der Waals surface area (Å²) in [6.45, 7) is 6.81. The lowest BCUT2D eigenvalue weighted by Gasteiger charge is -2.18. The summed E-state index contributed by atoms with van der Waals surface area (Å²) < 4.78 is 18.9. The molecule has 0 saturated carbocycles. The second-order valence-corrected chi connectivity index (χ2v) is 5.80. The molecule has 0 aliphatic rings. The molecular weight excluding hydrogens is 275 g/mol. The van der Waals surface area contributed by atoms with Crippen molar-refractivity contribution in [2.75, 3.05) is 13.7 Å². The fourth-order valence-corrected chi connectivity index (χ4v) is 3.27. The second kappa shape index (κ2) is 6.33. The summed E-state index contributed by atoms with van der Waals surface area (Å²) in [6, 6.07) is 5.05. The molecular formula is C15H19FN2OS. The van der Waals surface area contributed by atoms with Crippen LogP contribution in [-0.2, 0) is 0 Å². The van der Waals surface area contributed by atoms with Crippen molar-refractivity contribution in [3.63, 3.8) is 0 Å². The number of hydrogen-bond donors (Lipinski definition) is 1. The molecule has 0 radical (unpaired) electrons. The van der Waals surface area contributed by atoms with Crippen LogP contribution in [0.5, 0.6) is 5.75 Å². The van der Waals surface area contributed by atoms with Crippen LogP contribution in [0.4, 0.5) is 4.39 Å². The zero-order chi connectivity index (χ0) is 14.7. The number of aryl methyl sites for hydroxylation is 2. The van der Waals surface area contributed by atoms with Crippen LogP contribution in [0.25, 0.3) is 0 Å². The van der Waals surface area contributed by atoms with Crippen molar-refractivity contribution < 1.29 is 9.13 Å². The molecule has 0 bridgehead atoms. The van der Waals surface area contributed by atoms with Gasteiger partial charge in [-0.25, -0.2) is 9.37 Å². The molecule has 1 atom stereocenters. The van der Waals surface area contributed by atoms with Gasteiger partial charge in [-0.3, -0.25) is 0 Å². The van der Waals surface area contributed by atoms with Gasteiger partial charge in [-0.1, -0.05) is 13.0 Å². The van der Waals surface area contributed by atoms with Crippen LogP contribution < -0.4 is 10.1 Å². The summed E-state index contributed by atoms with van der Waals surface area (Å²) in [5, 5.41) is 4.42. The van der Waals surface area contributed by atoms with E-state index >= 15 is 0 Å². The molecule has 20 heavy (non-hydrogen) atoms. The van der Waals surface area contributed by atoms with E-state index in [4.69, 9.17) is 4.74 Å². The van der Waals surface area contributed by atoms with Gasteiger partial charge in [0, 0.05) is 4.88 Å². The van der Waals surface area contributed by atoms with Gasteiger partial charge >= 0.3 is 0 Å². The number of halogens is 1. The Balaban J connectivity index is 2.43. The summed E-state index contributed by atoms with van der Waals surface area (Å²) in [5.74, 6) is -0.0759. The lowest BCUT2D eigenvalue weighted by molar-refractivity contribution is 0.386. The molecule has 0 aliphatic heterocycles. The normalized spacial score (nSPS) is 12.4. The fraction of sp³-hybridized carbons (Fsp3) is 0.400. The first-order chi connectivity index (χ1) is 9.56. The lowest BCUT2D eigenvalue weighted by atomic mass is 10.0. The van der Waals surface area contributed by atoms with Crippen molar-refractivity contribution in [3.8, 4) is 5.75 Å². The predicted octanol–water partition coefficient (Wildman–Crippen LogP) is 3.61. The first-order valence-electron chi connectivity index (χ1n) is 6.57. The SMILES string of the molecule is CCNC(c1ccc(OC)c(F)c1)c1sc(C)nc1C. The van der Waals surface area contributed by atoms with Gasteiger partial charge in [0.25, 0.3) is 0 Å². The number of thiazole rings is 1. The number of nitrogens with one attached hydrogen (secondary N) is 1. The first-order valence-corrected chi connectivity index (χ1v) is 7.39. The molecule has 5 heteroatoms. The van der Waals surface area contributed by atoms with Crippen LogP contribution in [0.3, 0.4) is 0 Å². The molecule has 1 aromatic heterocycles. The van der Waals surface area contributed by atoms with Gasteiger partial charge in [0.05, 0.1) is 23.9 Å². The van der Waals surface area contributed by atoms with E-state index in [0.717, 1.165) is 27.7 Å². The van der Waals surface area contributed by atoms with E-state index in [9.17, 15) is 4.39 Å². The number of aromatic nitrogens is 1. The van der Waals surface area contributed by atoms with Crippen molar-refractivity contribution in [3.05, 3.63) is 45.2 Å². The van der Waals surface area contributed by atoms with E-state index in [1.165, 1.54) is 13.2 Å². The molecule has 0 spiro atoms. The average Bonchev–Trinajstić information content (AvgIpc) is 2.74. The van der Waals surface area contributed by atoms with E-state index in [0.29, 0.717) is 0 Å². The molecule has 0 saturated heterocycles. The Morgan fingerprint density at radius 1 is 1.40 bits per heavy atom. The highest BCUT2D eigenvalue weighted by atomic mass is 32.1. The fourth-order valence-electron chi connectivity index (χ4n) is 2.24. The van der Waals surface area contributed by atoms with E-state index in [1.807, 2.05) is 26.8 Å². The van der Waals surface area contributed by atoms with E-state index in [2.05, 4.69) is 10.3 Å². The largest absolute Gasteiger partial charge is 0.494 e. The van der Waals surface area contributed by atoms with Crippen LogP contribution in [0.1, 0.15) is 34.1 Å². The molecule has 1 N–H and O–H groups in total. The molecule has 0 fully saturated rings. The monoisotopic (exact) mass is 294 g/mol. The number of ether oxygens (including phenoxy) is 1. The quantitative estimate of drug-likeness (QED) is 0.915. The highest BCUT2D eigenvalue weighted by Gasteiger charge is 2.20. The van der Waals surface area contributed by atoms with Crippen molar-refractivity contribution in [1.29, 1.82) is 0 Å². The van der Waals surface area contributed by atoms with Crippen LogP contribution in [-0.4, -0.2) is 18.6 Å². The van der Waals surface area contributed by atoms with Crippen LogP contribution in [0.15, 0.2) is 18.2 Å². The number of rotatable bonds is 5. The third kappa shape index (κ3) is 2.99. The Bertz CT molecular complexity index is 598. The summed E-state index contributed by atoms with van der Waals surface area (Å²) in [4.78, 5) is 5.59. The molecule has 0 aliphatic carbocycles. The lowest BCUT2D eigenvalue weighted by Crippen LogP contribution is -2.22. The molecule has 1 aromatic carbocycles. The minimum absolute atomic E-state index is 0.0355. The van der Waals surface area contributed by atoms with Gasteiger partial charge in [0.2, 0.25) is 0 Å². The molecule has 0 amide bonds. The number of benzene rings is 1. The Labute approximate surface area is 122 Å². The predicted molar refractivity (Wildman–Crippen MR) is 80.1 cm³/mol. The third-order valence-corrected chi connectivity index (χ3v) is 4.26. The molecule has 1 unspecified atom stereocenters. The van der Waals surface area contributed by atoms with Crippen LogP contribution in [0, 0.1) is 19.7 Å². The number of hydrogen-bond acceptors (Lipinski definition) is 4. The van der Waals surface area contributed by atoms with E-state index in [-0.39, 0.29) is 17.6 Å². The summed E-state index contributed by atoms with van der Waals surface area (Å²) in [6.07, 6.45) is 0. The van der Waals surface area contributed by atoms with Crippen molar-refractivity contribution in [1.82, 2.24) is 10.3 Å². The third-order valence-electron chi connectivity index (χ3n) is 3.12.